The zero-order chi connectivity index (χ0) is 15.4. The van der Waals surface area contributed by atoms with Crippen LogP contribution < -0.4 is 5.32 Å². The van der Waals surface area contributed by atoms with Gasteiger partial charge in [0.05, 0.1) is 22.5 Å². The number of aryl methyl sites for hydroxylation is 3. The highest BCUT2D eigenvalue weighted by Gasteiger charge is 2.20. The Hall–Kier alpha value is -1.46. The van der Waals surface area contributed by atoms with Crippen molar-refractivity contribution in [2.75, 3.05) is 7.05 Å². The Labute approximate surface area is 130 Å². The molecule has 2 aromatic heterocycles. The summed E-state index contributed by atoms with van der Waals surface area (Å²) < 4.78 is 1.97. The summed E-state index contributed by atoms with van der Waals surface area (Å²) in [6.07, 6.45) is 5.23. The summed E-state index contributed by atoms with van der Waals surface area (Å²) in [6.45, 7) is 6.93. The number of rotatable bonds is 6. The van der Waals surface area contributed by atoms with Gasteiger partial charge in [-0.15, -0.1) is 0 Å². The van der Waals surface area contributed by atoms with Gasteiger partial charge < -0.3 is 5.32 Å². The van der Waals surface area contributed by atoms with Crippen LogP contribution in [0, 0.1) is 6.92 Å². The minimum absolute atomic E-state index is 0.0230. The molecule has 0 spiro atoms. The Kier molecular flexibility index (Phi) is 5.31. The average Bonchev–Trinajstić information content (AvgIpc) is 2.81. The number of likely N-dealkylation sites (N-methyl/N-ethyl adjacent to an activating group) is 1. The molecule has 0 aliphatic heterocycles. The molecule has 6 heteroatoms. The van der Waals surface area contributed by atoms with E-state index in [1.165, 1.54) is 0 Å². The van der Waals surface area contributed by atoms with Crippen molar-refractivity contribution < 1.29 is 0 Å². The van der Waals surface area contributed by atoms with Gasteiger partial charge in [-0.25, -0.2) is 9.97 Å². The van der Waals surface area contributed by atoms with Crippen molar-refractivity contribution in [2.45, 2.75) is 46.2 Å². The Balaban J connectivity index is 2.30. The van der Waals surface area contributed by atoms with Crippen LogP contribution in [0.2, 0.25) is 5.02 Å². The Morgan fingerprint density at radius 1 is 1.29 bits per heavy atom. The fraction of sp³-hybridized carbons (Fsp3) is 0.533. The number of hydrogen-bond acceptors (Lipinski definition) is 4. The van der Waals surface area contributed by atoms with Gasteiger partial charge in [0, 0.05) is 25.4 Å². The number of nitrogens with zero attached hydrogens (tertiary/aromatic N) is 4. The summed E-state index contributed by atoms with van der Waals surface area (Å²) in [7, 11) is 1.91. The topological polar surface area (TPSA) is 55.6 Å². The van der Waals surface area contributed by atoms with E-state index in [0.29, 0.717) is 0 Å². The highest BCUT2D eigenvalue weighted by Crippen LogP contribution is 2.25. The van der Waals surface area contributed by atoms with E-state index in [0.717, 1.165) is 47.2 Å². The number of hydrogen-bond donors (Lipinski definition) is 1. The van der Waals surface area contributed by atoms with Crippen LogP contribution in [0.3, 0.4) is 0 Å². The van der Waals surface area contributed by atoms with E-state index in [4.69, 9.17) is 11.6 Å². The Morgan fingerprint density at radius 2 is 1.95 bits per heavy atom. The van der Waals surface area contributed by atoms with E-state index >= 15 is 0 Å². The monoisotopic (exact) mass is 307 g/mol. The lowest BCUT2D eigenvalue weighted by Gasteiger charge is -2.15. The van der Waals surface area contributed by atoms with Gasteiger partial charge in [-0.3, -0.25) is 4.68 Å². The fourth-order valence-electron chi connectivity index (χ4n) is 2.31. The maximum absolute atomic E-state index is 6.47. The van der Waals surface area contributed by atoms with Gasteiger partial charge in [-0.2, -0.15) is 5.10 Å². The molecule has 0 aliphatic rings. The van der Waals surface area contributed by atoms with Crippen molar-refractivity contribution in [2.24, 2.45) is 0 Å². The molecule has 5 nitrogen and oxygen atoms in total. The van der Waals surface area contributed by atoms with Gasteiger partial charge in [0.1, 0.15) is 5.82 Å². The molecule has 2 rings (SSSR count). The van der Waals surface area contributed by atoms with Gasteiger partial charge in [0.25, 0.3) is 0 Å². The predicted octanol–water partition coefficient (Wildman–Crippen LogP) is 2.72. The molecule has 0 bridgehead atoms. The fourth-order valence-corrected chi connectivity index (χ4v) is 2.66. The van der Waals surface area contributed by atoms with Crippen LogP contribution in [0.5, 0.6) is 0 Å². The van der Waals surface area contributed by atoms with Crippen LogP contribution in [-0.4, -0.2) is 26.8 Å². The summed E-state index contributed by atoms with van der Waals surface area (Å²) in [5.74, 6) is 0.779. The number of aromatic nitrogens is 4. The first-order chi connectivity index (χ1) is 10.1. The molecule has 0 saturated carbocycles. The quantitative estimate of drug-likeness (QED) is 0.891. The number of halogens is 1. The zero-order valence-electron chi connectivity index (χ0n) is 13.0. The lowest BCUT2D eigenvalue weighted by atomic mass is 10.1. The van der Waals surface area contributed by atoms with E-state index in [1.807, 2.05) is 31.0 Å². The van der Waals surface area contributed by atoms with E-state index < -0.39 is 0 Å². The van der Waals surface area contributed by atoms with E-state index in [1.54, 1.807) is 0 Å². The molecule has 1 unspecified atom stereocenters. The van der Waals surface area contributed by atoms with Gasteiger partial charge >= 0.3 is 0 Å². The summed E-state index contributed by atoms with van der Waals surface area (Å²) >= 11 is 6.47. The second kappa shape index (κ2) is 7.00. The molecule has 0 aliphatic carbocycles. The normalized spacial score (nSPS) is 12.6. The van der Waals surface area contributed by atoms with Crippen molar-refractivity contribution in [3.8, 4) is 0 Å². The highest BCUT2D eigenvalue weighted by atomic mass is 35.5. The Bertz CT molecular complexity index is 591. The van der Waals surface area contributed by atoms with Crippen LogP contribution in [0.4, 0.5) is 0 Å². The summed E-state index contributed by atoms with van der Waals surface area (Å²) in [5.41, 5.74) is 3.05. The molecule has 0 radical (unpaired) electrons. The van der Waals surface area contributed by atoms with Crippen LogP contribution in [0.25, 0.3) is 0 Å². The van der Waals surface area contributed by atoms with Crippen LogP contribution >= 0.6 is 11.6 Å². The summed E-state index contributed by atoms with van der Waals surface area (Å²) in [5, 5.41) is 8.60. The minimum atomic E-state index is 0.0230. The molecule has 0 saturated heterocycles. The van der Waals surface area contributed by atoms with Crippen LogP contribution in [-0.2, 0) is 19.4 Å². The molecule has 0 amide bonds. The van der Waals surface area contributed by atoms with Crippen molar-refractivity contribution in [3.63, 3.8) is 0 Å². The molecule has 1 atom stereocenters. The van der Waals surface area contributed by atoms with Crippen molar-refractivity contribution in [1.29, 1.82) is 0 Å². The summed E-state index contributed by atoms with van der Waals surface area (Å²) in [4.78, 5) is 8.82. The largest absolute Gasteiger partial charge is 0.310 e. The molecular weight excluding hydrogens is 286 g/mol. The highest BCUT2D eigenvalue weighted by molar-refractivity contribution is 6.31. The third-order valence-corrected chi connectivity index (χ3v) is 3.99. The van der Waals surface area contributed by atoms with Crippen molar-refractivity contribution in [1.82, 2.24) is 25.1 Å². The van der Waals surface area contributed by atoms with Crippen molar-refractivity contribution in [3.05, 3.63) is 40.2 Å². The average molecular weight is 308 g/mol. The SMILES string of the molecule is CCc1nn(CC)c(CC(NC)c2ncc(C)cn2)c1Cl. The van der Waals surface area contributed by atoms with E-state index in [2.05, 4.69) is 34.2 Å². The molecule has 0 aromatic carbocycles. The molecule has 2 heterocycles. The zero-order valence-corrected chi connectivity index (χ0v) is 13.8. The smallest absolute Gasteiger partial charge is 0.145 e. The number of nitrogens with one attached hydrogen (secondary N) is 1. The van der Waals surface area contributed by atoms with Gasteiger partial charge in [-0.05, 0) is 32.9 Å². The van der Waals surface area contributed by atoms with Crippen LogP contribution in [0.1, 0.15) is 42.7 Å². The van der Waals surface area contributed by atoms with E-state index in [9.17, 15) is 0 Å². The lowest BCUT2D eigenvalue weighted by Crippen LogP contribution is -2.23. The first-order valence-corrected chi connectivity index (χ1v) is 7.68. The molecule has 21 heavy (non-hydrogen) atoms. The second-order valence-corrected chi connectivity index (χ2v) is 5.42. The first-order valence-electron chi connectivity index (χ1n) is 7.30. The predicted molar refractivity (Wildman–Crippen MR) is 84.6 cm³/mol. The third-order valence-electron chi connectivity index (χ3n) is 3.55. The molecule has 2 aromatic rings. The van der Waals surface area contributed by atoms with E-state index in [-0.39, 0.29) is 6.04 Å². The minimum Gasteiger partial charge on any atom is -0.310 e. The molecule has 1 N–H and O–H groups in total. The van der Waals surface area contributed by atoms with Gasteiger partial charge in [0.2, 0.25) is 0 Å². The Morgan fingerprint density at radius 3 is 2.48 bits per heavy atom. The van der Waals surface area contributed by atoms with Gasteiger partial charge in [0.15, 0.2) is 0 Å². The van der Waals surface area contributed by atoms with Crippen molar-refractivity contribution >= 4 is 11.6 Å². The van der Waals surface area contributed by atoms with Gasteiger partial charge in [-0.1, -0.05) is 18.5 Å². The first kappa shape index (κ1) is 15.9. The molecule has 0 fully saturated rings. The molecule has 114 valence electrons. The maximum atomic E-state index is 6.47. The summed E-state index contributed by atoms with van der Waals surface area (Å²) in [6, 6.07) is 0.0230. The standard InChI is InChI=1S/C15H22ClN5/c1-5-11-14(16)13(21(6-2)20-11)7-12(17-4)15-18-8-10(3)9-19-15/h8-9,12,17H,5-7H2,1-4H3. The third kappa shape index (κ3) is 3.41. The van der Waals surface area contributed by atoms with Crippen LogP contribution in [0.15, 0.2) is 12.4 Å². The molecular formula is C15H22ClN5. The second-order valence-electron chi connectivity index (χ2n) is 5.04. The maximum Gasteiger partial charge on any atom is 0.145 e. The lowest BCUT2D eigenvalue weighted by molar-refractivity contribution is 0.519.